The Labute approximate surface area is 91.4 Å². The fraction of sp³-hybridized carbons (Fsp3) is 0.818. The topological polar surface area (TPSA) is 86.2 Å². The van der Waals surface area contributed by atoms with E-state index in [0.29, 0.717) is 0 Å². The predicted molar refractivity (Wildman–Crippen MR) is 60.3 cm³/mol. The van der Waals surface area contributed by atoms with Crippen LogP contribution in [-0.2, 0) is 9.59 Å². The number of Topliss-reactive ketones (excluding diaryl/α,β-unsaturated/α-hetero) is 2. The summed E-state index contributed by atoms with van der Waals surface area (Å²) in [6.07, 6.45) is 0.775. The van der Waals surface area contributed by atoms with Gasteiger partial charge in [0, 0.05) is 0 Å². The van der Waals surface area contributed by atoms with E-state index in [0.717, 1.165) is 6.42 Å². The summed E-state index contributed by atoms with van der Waals surface area (Å²) < 4.78 is 0. The van der Waals surface area contributed by atoms with Gasteiger partial charge in [0.05, 0.1) is 12.1 Å². The molecule has 0 aromatic carbocycles. The molecule has 0 aliphatic heterocycles. The van der Waals surface area contributed by atoms with Crippen molar-refractivity contribution in [1.29, 1.82) is 0 Å². The summed E-state index contributed by atoms with van der Waals surface area (Å²) in [4.78, 5) is 23.2. The normalized spacial score (nSPS) is 17.3. The minimum absolute atomic E-state index is 0.0146. The van der Waals surface area contributed by atoms with E-state index in [-0.39, 0.29) is 11.8 Å². The Hall–Kier alpha value is -0.740. The molecule has 0 spiro atoms. The monoisotopic (exact) mass is 214 g/mol. The molecule has 0 bridgehead atoms. The molecule has 0 rings (SSSR count). The number of nitrogens with two attached hydrogens (primary N) is 2. The summed E-state index contributed by atoms with van der Waals surface area (Å²) in [5.74, 6) is -1.10. The van der Waals surface area contributed by atoms with Crippen molar-refractivity contribution in [1.82, 2.24) is 0 Å². The lowest BCUT2D eigenvalue weighted by atomic mass is 9.89. The van der Waals surface area contributed by atoms with Gasteiger partial charge in [0.15, 0.2) is 0 Å². The number of carbonyl (C=O) groups excluding carboxylic acids is 2. The molecule has 4 nitrogen and oxygen atoms in total. The molecule has 0 amide bonds. The van der Waals surface area contributed by atoms with Crippen molar-refractivity contribution >= 4 is 11.6 Å². The zero-order chi connectivity index (χ0) is 12.2. The molecule has 0 aliphatic rings. The SMILES string of the molecule is CC[C@H](C)C(N)C(=O)C(=O)[C@@H](N)C(C)C. The van der Waals surface area contributed by atoms with Gasteiger partial charge in [0.2, 0.25) is 11.6 Å². The van der Waals surface area contributed by atoms with Gasteiger partial charge in [-0.15, -0.1) is 0 Å². The van der Waals surface area contributed by atoms with Crippen LogP contribution in [0.3, 0.4) is 0 Å². The zero-order valence-electron chi connectivity index (χ0n) is 9.99. The van der Waals surface area contributed by atoms with Crippen LogP contribution in [0.5, 0.6) is 0 Å². The fourth-order valence-corrected chi connectivity index (χ4v) is 1.14. The van der Waals surface area contributed by atoms with Crippen LogP contribution < -0.4 is 11.5 Å². The molecule has 0 saturated heterocycles. The number of rotatable bonds is 6. The molecule has 4 heteroatoms. The van der Waals surface area contributed by atoms with Crippen molar-refractivity contribution < 1.29 is 9.59 Å². The predicted octanol–water partition coefficient (Wildman–Crippen LogP) is 0.481. The number of ketones is 2. The van der Waals surface area contributed by atoms with Crippen molar-refractivity contribution in [2.24, 2.45) is 23.3 Å². The van der Waals surface area contributed by atoms with Crippen LogP contribution in [0.1, 0.15) is 34.1 Å². The summed E-state index contributed by atoms with van der Waals surface area (Å²) in [6.45, 7) is 7.41. The minimum Gasteiger partial charge on any atom is -0.321 e. The van der Waals surface area contributed by atoms with Gasteiger partial charge in [0.25, 0.3) is 0 Å². The van der Waals surface area contributed by atoms with Gasteiger partial charge in [-0.2, -0.15) is 0 Å². The highest BCUT2D eigenvalue weighted by atomic mass is 16.2. The maximum Gasteiger partial charge on any atom is 0.216 e. The van der Waals surface area contributed by atoms with Gasteiger partial charge in [-0.3, -0.25) is 9.59 Å². The van der Waals surface area contributed by atoms with Crippen LogP contribution in [0.2, 0.25) is 0 Å². The summed E-state index contributed by atoms with van der Waals surface area (Å²) in [5, 5.41) is 0. The molecule has 0 radical (unpaired) electrons. The zero-order valence-corrected chi connectivity index (χ0v) is 9.99. The van der Waals surface area contributed by atoms with E-state index in [1.165, 1.54) is 0 Å². The second-order valence-electron chi connectivity index (χ2n) is 4.41. The maximum atomic E-state index is 11.6. The van der Waals surface area contributed by atoms with Gasteiger partial charge in [-0.1, -0.05) is 34.1 Å². The molecule has 3 atom stereocenters. The van der Waals surface area contributed by atoms with Gasteiger partial charge in [0.1, 0.15) is 0 Å². The number of hydrogen-bond donors (Lipinski definition) is 2. The first-order chi connectivity index (χ1) is 6.82. The highest BCUT2D eigenvalue weighted by Gasteiger charge is 2.30. The molecule has 0 aromatic rings. The van der Waals surface area contributed by atoms with Crippen molar-refractivity contribution in [3.8, 4) is 0 Å². The molecule has 88 valence electrons. The maximum absolute atomic E-state index is 11.6. The van der Waals surface area contributed by atoms with E-state index in [1.54, 1.807) is 0 Å². The van der Waals surface area contributed by atoms with Crippen molar-refractivity contribution in [2.75, 3.05) is 0 Å². The summed E-state index contributed by atoms with van der Waals surface area (Å²) in [7, 11) is 0. The molecule has 0 aliphatic carbocycles. The smallest absolute Gasteiger partial charge is 0.216 e. The van der Waals surface area contributed by atoms with E-state index in [9.17, 15) is 9.59 Å². The Kier molecular flexibility index (Phi) is 5.68. The summed E-state index contributed by atoms with van der Waals surface area (Å²) in [6, 6.07) is -1.44. The van der Waals surface area contributed by atoms with Crippen LogP contribution >= 0.6 is 0 Å². The van der Waals surface area contributed by atoms with E-state index in [4.69, 9.17) is 11.5 Å². The van der Waals surface area contributed by atoms with Crippen LogP contribution in [0, 0.1) is 11.8 Å². The van der Waals surface area contributed by atoms with Gasteiger partial charge in [-0.25, -0.2) is 0 Å². The first-order valence-corrected chi connectivity index (χ1v) is 5.42. The average molecular weight is 214 g/mol. The van der Waals surface area contributed by atoms with Crippen LogP contribution in [0.25, 0.3) is 0 Å². The lowest BCUT2D eigenvalue weighted by Crippen LogP contribution is -2.48. The van der Waals surface area contributed by atoms with E-state index in [1.807, 2.05) is 27.7 Å². The summed E-state index contributed by atoms with van der Waals surface area (Å²) >= 11 is 0. The largest absolute Gasteiger partial charge is 0.321 e. The minimum atomic E-state index is -0.729. The second kappa shape index (κ2) is 5.98. The highest BCUT2D eigenvalue weighted by Crippen LogP contribution is 2.09. The Balaban J connectivity index is 4.51. The van der Waals surface area contributed by atoms with E-state index >= 15 is 0 Å². The molecular formula is C11H22N2O2. The average Bonchev–Trinajstić information content (AvgIpc) is 2.23. The van der Waals surface area contributed by atoms with E-state index < -0.39 is 23.7 Å². The molecule has 0 aromatic heterocycles. The number of hydrogen-bond acceptors (Lipinski definition) is 4. The first kappa shape index (κ1) is 14.3. The highest BCUT2D eigenvalue weighted by molar-refractivity contribution is 6.41. The molecule has 4 N–H and O–H groups in total. The van der Waals surface area contributed by atoms with Gasteiger partial charge in [-0.05, 0) is 11.8 Å². The van der Waals surface area contributed by atoms with Crippen LogP contribution in [0.15, 0.2) is 0 Å². The quantitative estimate of drug-likeness (QED) is 0.630. The van der Waals surface area contributed by atoms with Crippen LogP contribution in [0.4, 0.5) is 0 Å². The molecule has 15 heavy (non-hydrogen) atoms. The Morgan fingerprint density at radius 1 is 1.00 bits per heavy atom. The summed E-state index contributed by atoms with van der Waals surface area (Å²) in [5.41, 5.74) is 11.3. The molecule has 1 unspecified atom stereocenters. The molecular weight excluding hydrogens is 192 g/mol. The van der Waals surface area contributed by atoms with Gasteiger partial charge >= 0.3 is 0 Å². The third kappa shape index (κ3) is 3.72. The molecule has 0 fully saturated rings. The first-order valence-electron chi connectivity index (χ1n) is 5.42. The molecule has 0 heterocycles. The van der Waals surface area contributed by atoms with Crippen molar-refractivity contribution in [3.63, 3.8) is 0 Å². The van der Waals surface area contributed by atoms with Crippen molar-refractivity contribution in [3.05, 3.63) is 0 Å². The Bertz CT molecular complexity index is 239. The third-order valence-corrected chi connectivity index (χ3v) is 2.82. The number of carbonyl (C=O) groups is 2. The lowest BCUT2D eigenvalue weighted by Gasteiger charge is -2.19. The standard InChI is InChI=1S/C11H22N2O2/c1-5-7(4)9(13)11(15)10(14)8(12)6(2)3/h6-9H,5,12-13H2,1-4H3/t7-,8-,9?/m0/s1. The fourth-order valence-electron chi connectivity index (χ4n) is 1.14. The second-order valence-corrected chi connectivity index (χ2v) is 4.41. The van der Waals surface area contributed by atoms with Gasteiger partial charge < -0.3 is 11.5 Å². The lowest BCUT2D eigenvalue weighted by molar-refractivity contribution is -0.139. The van der Waals surface area contributed by atoms with Crippen LogP contribution in [-0.4, -0.2) is 23.7 Å². The Morgan fingerprint density at radius 2 is 1.40 bits per heavy atom. The van der Waals surface area contributed by atoms with E-state index in [2.05, 4.69) is 0 Å². The van der Waals surface area contributed by atoms with Crippen molar-refractivity contribution in [2.45, 2.75) is 46.2 Å². The Morgan fingerprint density at radius 3 is 1.73 bits per heavy atom. The molecule has 0 saturated carbocycles. The third-order valence-electron chi connectivity index (χ3n) is 2.82.